The summed E-state index contributed by atoms with van der Waals surface area (Å²) in [5, 5.41) is 5.19. The minimum absolute atomic E-state index is 0.164. The molecule has 8 heteroatoms. The van der Waals surface area contributed by atoms with Crippen molar-refractivity contribution < 1.29 is 14.4 Å². The van der Waals surface area contributed by atoms with Crippen molar-refractivity contribution in [1.29, 1.82) is 0 Å². The number of imidazole rings is 1. The van der Waals surface area contributed by atoms with E-state index in [0.717, 1.165) is 0 Å². The van der Waals surface area contributed by atoms with E-state index in [2.05, 4.69) is 25.6 Å². The largest absolute Gasteiger partial charge is 0.354 e. The van der Waals surface area contributed by atoms with Crippen molar-refractivity contribution in [2.45, 2.75) is 0 Å². The van der Waals surface area contributed by atoms with Gasteiger partial charge in [-0.15, -0.1) is 0 Å². The summed E-state index contributed by atoms with van der Waals surface area (Å²) in [5.41, 5.74) is 2.65. The number of fused-ring (bicyclic) bond motifs is 1. The van der Waals surface area contributed by atoms with Crippen LogP contribution in [0.3, 0.4) is 0 Å². The van der Waals surface area contributed by atoms with Crippen molar-refractivity contribution in [3.8, 4) is 0 Å². The number of H-pyrrole nitrogens is 1. The lowest BCUT2D eigenvalue weighted by Crippen LogP contribution is -2.19. The fourth-order valence-corrected chi connectivity index (χ4v) is 2.97. The highest BCUT2D eigenvalue weighted by Gasteiger charge is 2.15. The van der Waals surface area contributed by atoms with Gasteiger partial charge in [0.25, 0.3) is 11.8 Å². The third-order valence-electron chi connectivity index (χ3n) is 4.49. The van der Waals surface area contributed by atoms with Gasteiger partial charge in [0.1, 0.15) is 5.69 Å². The van der Waals surface area contributed by atoms with E-state index in [4.69, 9.17) is 0 Å². The number of benzene rings is 2. The minimum Gasteiger partial charge on any atom is -0.354 e. The molecule has 148 valence electrons. The van der Waals surface area contributed by atoms with Crippen molar-refractivity contribution in [2.24, 2.45) is 0 Å². The third kappa shape index (κ3) is 3.79. The van der Waals surface area contributed by atoms with Gasteiger partial charge in [-0.2, -0.15) is 0 Å². The standard InChI is InChI=1S/C22H17N5O3/c1-23-21(30)18-12-15(9-10-24-18)19(28)14-7-8-16-17(11-14)26-22(25-16)27-20(29)13-5-3-2-4-6-13/h2-12H,1H3,(H,23,30)(H2,25,26,27,29). The second-order valence-electron chi connectivity index (χ2n) is 6.48. The van der Waals surface area contributed by atoms with Crippen molar-refractivity contribution in [3.63, 3.8) is 0 Å². The van der Waals surface area contributed by atoms with Gasteiger partial charge in [-0.05, 0) is 42.5 Å². The number of amides is 2. The number of aromatic amines is 1. The Morgan fingerprint density at radius 2 is 1.63 bits per heavy atom. The zero-order chi connectivity index (χ0) is 21.1. The number of nitrogens with one attached hydrogen (secondary N) is 3. The maximum absolute atomic E-state index is 12.9. The summed E-state index contributed by atoms with van der Waals surface area (Å²) in [4.78, 5) is 48.2. The molecule has 4 aromatic rings. The number of hydrogen-bond donors (Lipinski definition) is 3. The molecule has 2 aromatic carbocycles. The molecular weight excluding hydrogens is 382 g/mol. The van der Waals surface area contributed by atoms with E-state index in [-0.39, 0.29) is 29.2 Å². The van der Waals surface area contributed by atoms with Crippen LogP contribution in [0.25, 0.3) is 11.0 Å². The van der Waals surface area contributed by atoms with Crippen LogP contribution in [0.1, 0.15) is 36.8 Å². The van der Waals surface area contributed by atoms with Gasteiger partial charge in [0.05, 0.1) is 11.0 Å². The molecule has 3 N–H and O–H groups in total. The lowest BCUT2D eigenvalue weighted by Gasteiger charge is -2.04. The molecule has 0 spiro atoms. The Hall–Kier alpha value is -4.33. The molecule has 4 rings (SSSR count). The fourth-order valence-electron chi connectivity index (χ4n) is 2.97. The highest BCUT2D eigenvalue weighted by Crippen LogP contribution is 2.19. The average molecular weight is 399 g/mol. The second-order valence-corrected chi connectivity index (χ2v) is 6.48. The van der Waals surface area contributed by atoms with Gasteiger partial charge in [0.15, 0.2) is 5.78 Å². The fraction of sp³-hybridized carbons (Fsp3) is 0.0455. The Bertz CT molecular complexity index is 1260. The average Bonchev–Trinajstić information content (AvgIpc) is 3.20. The highest BCUT2D eigenvalue weighted by atomic mass is 16.2. The molecule has 0 fully saturated rings. The number of pyridine rings is 1. The molecule has 2 amide bonds. The molecule has 0 bridgehead atoms. The van der Waals surface area contributed by atoms with Crippen LogP contribution in [0.5, 0.6) is 0 Å². The lowest BCUT2D eigenvalue weighted by atomic mass is 10.0. The Labute approximate surface area is 171 Å². The maximum atomic E-state index is 12.9. The topological polar surface area (TPSA) is 117 Å². The molecule has 0 unspecified atom stereocenters. The van der Waals surface area contributed by atoms with Gasteiger partial charge in [-0.25, -0.2) is 4.98 Å². The summed E-state index contributed by atoms with van der Waals surface area (Å²) in [7, 11) is 1.50. The predicted octanol–water partition coefficient (Wildman–Crippen LogP) is 2.80. The SMILES string of the molecule is CNC(=O)c1cc(C(=O)c2ccc3nc(NC(=O)c4ccccc4)[nH]c3c2)ccn1. The van der Waals surface area contributed by atoms with Crippen LogP contribution in [0.2, 0.25) is 0 Å². The summed E-state index contributed by atoms with van der Waals surface area (Å²) in [6.07, 6.45) is 1.42. The molecule has 0 saturated carbocycles. The van der Waals surface area contributed by atoms with Crippen molar-refractivity contribution in [2.75, 3.05) is 12.4 Å². The van der Waals surface area contributed by atoms with E-state index in [1.54, 1.807) is 48.5 Å². The first-order valence-corrected chi connectivity index (χ1v) is 9.14. The van der Waals surface area contributed by atoms with Crippen molar-refractivity contribution >= 4 is 34.6 Å². The van der Waals surface area contributed by atoms with E-state index in [9.17, 15) is 14.4 Å². The quantitative estimate of drug-likeness (QED) is 0.446. The lowest BCUT2D eigenvalue weighted by molar-refractivity contribution is 0.0957. The van der Waals surface area contributed by atoms with Gasteiger partial charge < -0.3 is 10.3 Å². The summed E-state index contributed by atoms with van der Waals surface area (Å²) in [6.45, 7) is 0. The number of nitrogens with zero attached hydrogens (tertiary/aromatic N) is 2. The monoisotopic (exact) mass is 399 g/mol. The smallest absolute Gasteiger partial charge is 0.269 e. The summed E-state index contributed by atoms with van der Waals surface area (Å²) < 4.78 is 0. The van der Waals surface area contributed by atoms with E-state index in [1.807, 2.05) is 6.07 Å². The zero-order valence-electron chi connectivity index (χ0n) is 16.0. The van der Waals surface area contributed by atoms with Gasteiger partial charge >= 0.3 is 0 Å². The Balaban J connectivity index is 1.59. The van der Waals surface area contributed by atoms with Crippen LogP contribution >= 0.6 is 0 Å². The Kier molecular flexibility index (Phi) is 5.04. The van der Waals surface area contributed by atoms with Gasteiger partial charge in [0.2, 0.25) is 5.95 Å². The number of carbonyl (C=O) groups is 3. The Morgan fingerprint density at radius 3 is 2.40 bits per heavy atom. The van der Waals surface area contributed by atoms with E-state index < -0.39 is 0 Å². The summed E-state index contributed by atoms with van der Waals surface area (Å²) in [5.74, 6) is -0.625. The van der Waals surface area contributed by atoms with Crippen molar-refractivity contribution in [1.82, 2.24) is 20.3 Å². The molecule has 0 aliphatic heterocycles. The van der Waals surface area contributed by atoms with Crippen LogP contribution in [0.15, 0.2) is 66.9 Å². The first-order chi connectivity index (χ1) is 14.5. The van der Waals surface area contributed by atoms with Gasteiger partial charge in [-0.1, -0.05) is 18.2 Å². The molecule has 0 radical (unpaired) electrons. The van der Waals surface area contributed by atoms with Crippen LogP contribution in [-0.4, -0.2) is 39.6 Å². The molecule has 30 heavy (non-hydrogen) atoms. The first-order valence-electron chi connectivity index (χ1n) is 9.14. The van der Waals surface area contributed by atoms with Crippen LogP contribution < -0.4 is 10.6 Å². The molecule has 2 heterocycles. The van der Waals surface area contributed by atoms with E-state index in [1.165, 1.54) is 19.3 Å². The first kappa shape index (κ1) is 19.0. The number of anilines is 1. The molecule has 2 aromatic heterocycles. The molecule has 8 nitrogen and oxygen atoms in total. The van der Waals surface area contributed by atoms with Gasteiger partial charge in [-0.3, -0.25) is 24.7 Å². The predicted molar refractivity (Wildman–Crippen MR) is 112 cm³/mol. The van der Waals surface area contributed by atoms with E-state index >= 15 is 0 Å². The van der Waals surface area contributed by atoms with Crippen LogP contribution in [-0.2, 0) is 0 Å². The third-order valence-corrected chi connectivity index (χ3v) is 4.49. The molecule has 0 saturated heterocycles. The maximum Gasteiger partial charge on any atom is 0.269 e. The number of rotatable bonds is 5. The van der Waals surface area contributed by atoms with Crippen LogP contribution in [0.4, 0.5) is 5.95 Å². The van der Waals surface area contributed by atoms with E-state index in [0.29, 0.717) is 27.7 Å². The minimum atomic E-state index is -0.368. The normalized spacial score (nSPS) is 10.6. The number of carbonyl (C=O) groups excluding carboxylic acids is 3. The highest BCUT2D eigenvalue weighted by molar-refractivity contribution is 6.11. The zero-order valence-corrected chi connectivity index (χ0v) is 16.0. The second kappa shape index (κ2) is 7.96. The number of aromatic nitrogens is 3. The summed E-state index contributed by atoms with van der Waals surface area (Å²) >= 11 is 0. The molecule has 0 aliphatic rings. The van der Waals surface area contributed by atoms with Gasteiger partial charge in [0, 0.05) is 29.9 Å². The van der Waals surface area contributed by atoms with Crippen LogP contribution in [0, 0.1) is 0 Å². The Morgan fingerprint density at radius 1 is 0.867 bits per heavy atom. The summed E-state index contributed by atoms with van der Waals surface area (Å²) in [6, 6.07) is 16.8. The molecular formula is C22H17N5O3. The molecule has 0 aliphatic carbocycles. The van der Waals surface area contributed by atoms with Crippen molar-refractivity contribution in [3.05, 3.63) is 89.2 Å². The number of hydrogen-bond acceptors (Lipinski definition) is 5. The number of ketones is 1. The molecule has 0 atom stereocenters.